The summed E-state index contributed by atoms with van der Waals surface area (Å²) in [6.07, 6.45) is 0.401. The number of rotatable bonds is 12. The number of halogens is 1. The smallest absolute Gasteiger partial charge is 0.303 e. The average Bonchev–Trinajstić information content (AvgIpc) is 2.74. The highest BCUT2D eigenvalue weighted by Crippen LogP contribution is 2.19. The number of carboxylic acid groups (broad SMARTS) is 1. The van der Waals surface area contributed by atoms with Gasteiger partial charge >= 0.3 is 5.97 Å². The first kappa shape index (κ1) is 24.6. The summed E-state index contributed by atoms with van der Waals surface area (Å²) in [6.45, 7) is 2.53. The molecule has 2 rings (SSSR count). The second kappa shape index (κ2) is 11.7. The Hall–Kier alpha value is -2.62. The van der Waals surface area contributed by atoms with Crippen LogP contribution in [0.5, 0.6) is 0 Å². The van der Waals surface area contributed by atoms with E-state index < -0.39 is 16.0 Å². The Labute approximate surface area is 187 Å². The van der Waals surface area contributed by atoms with Crippen LogP contribution in [0.25, 0.3) is 0 Å². The Kier molecular flexibility index (Phi) is 9.29. The lowest BCUT2D eigenvalue weighted by atomic mass is 10.0. The Balaban J connectivity index is 1.79. The summed E-state index contributed by atoms with van der Waals surface area (Å²) >= 11 is 5.80. The van der Waals surface area contributed by atoms with Gasteiger partial charge in [0, 0.05) is 30.2 Å². The van der Waals surface area contributed by atoms with Gasteiger partial charge in [0.15, 0.2) is 0 Å². The van der Waals surface area contributed by atoms with Gasteiger partial charge in [-0.05, 0) is 54.3 Å². The van der Waals surface area contributed by atoms with Crippen LogP contribution in [0, 0.1) is 0 Å². The monoisotopic (exact) mass is 467 g/mol. The third-order valence-electron chi connectivity index (χ3n) is 4.53. The molecule has 31 heavy (non-hydrogen) atoms. The van der Waals surface area contributed by atoms with Crippen LogP contribution in [0.3, 0.4) is 0 Å². The number of carbonyl (C=O) groups is 2. The SMILES string of the molecule is CC(CNS(=O)(=O)c1ccc(Cl)cc1)c1ccc(NCC(=O)NCCCC(=O)O)cc1. The molecule has 4 N–H and O–H groups in total. The number of nitrogens with one attached hydrogen (secondary N) is 3. The highest BCUT2D eigenvalue weighted by molar-refractivity contribution is 7.89. The molecule has 0 radical (unpaired) electrons. The van der Waals surface area contributed by atoms with Crippen LogP contribution < -0.4 is 15.4 Å². The molecule has 2 aromatic rings. The minimum Gasteiger partial charge on any atom is -0.481 e. The van der Waals surface area contributed by atoms with Crippen molar-refractivity contribution in [2.45, 2.75) is 30.6 Å². The number of carbonyl (C=O) groups excluding carboxylic acids is 1. The quantitative estimate of drug-likeness (QED) is 0.356. The third kappa shape index (κ3) is 8.56. The van der Waals surface area contributed by atoms with Gasteiger partial charge in [-0.25, -0.2) is 13.1 Å². The van der Waals surface area contributed by atoms with E-state index in [1.165, 1.54) is 24.3 Å². The minimum absolute atomic E-state index is 0.0171. The lowest BCUT2D eigenvalue weighted by Gasteiger charge is -2.14. The molecule has 1 atom stereocenters. The molecule has 168 valence electrons. The van der Waals surface area contributed by atoms with Crippen LogP contribution in [-0.2, 0) is 19.6 Å². The molecule has 0 aliphatic carbocycles. The third-order valence-corrected chi connectivity index (χ3v) is 6.22. The fraction of sp³-hybridized carbons (Fsp3) is 0.333. The number of aliphatic carboxylic acids is 1. The summed E-state index contributed by atoms with van der Waals surface area (Å²) in [6, 6.07) is 13.3. The van der Waals surface area contributed by atoms with Gasteiger partial charge in [0.05, 0.1) is 11.4 Å². The molecule has 0 aliphatic heterocycles. The lowest BCUT2D eigenvalue weighted by Crippen LogP contribution is -2.30. The van der Waals surface area contributed by atoms with Crippen LogP contribution in [-0.4, -0.2) is 45.0 Å². The topological polar surface area (TPSA) is 125 Å². The van der Waals surface area contributed by atoms with Crippen molar-refractivity contribution in [3.05, 3.63) is 59.1 Å². The first-order valence-corrected chi connectivity index (χ1v) is 11.6. The van der Waals surface area contributed by atoms with Crippen molar-refractivity contribution in [3.63, 3.8) is 0 Å². The molecule has 10 heteroatoms. The van der Waals surface area contributed by atoms with Crippen LogP contribution in [0.4, 0.5) is 5.69 Å². The molecular formula is C21H26ClN3O5S. The molecule has 8 nitrogen and oxygen atoms in total. The van der Waals surface area contributed by atoms with Crippen molar-refractivity contribution < 1.29 is 23.1 Å². The maximum Gasteiger partial charge on any atom is 0.303 e. The van der Waals surface area contributed by atoms with E-state index in [9.17, 15) is 18.0 Å². The second-order valence-corrected chi connectivity index (χ2v) is 9.23. The van der Waals surface area contributed by atoms with Crippen molar-refractivity contribution in [2.75, 3.05) is 25.0 Å². The largest absolute Gasteiger partial charge is 0.481 e. The van der Waals surface area contributed by atoms with E-state index >= 15 is 0 Å². The summed E-state index contributed by atoms with van der Waals surface area (Å²) < 4.78 is 27.4. The number of sulfonamides is 1. The van der Waals surface area contributed by atoms with Gasteiger partial charge < -0.3 is 15.7 Å². The molecule has 0 saturated carbocycles. The minimum atomic E-state index is -3.62. The van der Waals surface area contributed by atoms with Crippen molar-refractivity contribution in [3.8, 4) is 0 Å². The van der Waals surface area contributed by atoms with Gasteiger partial charge in [-0.15, -0.1) is 0 Å². The predicted molar refractivity (Wildman–Crippen MR) is 120 cm³/mol. The molecule has 0 fully saturated rings. The molecule has 0 spiro atoms. The fourth-order valence-corrected chi connectivity index (χ4v) is 3.95. The van der Waals surface area contributed by atoms with Gasteiger partial charge in [0.1, 0.15) is 0 Å². The van der Waals surface area contributed by atoms with Gasteiger partial charge in [-0.2, -0.15) is 0 Å². The number of amides is 1. The zero-order chi connectivity index (χ0) is 22.9. The molecular weight excluding hydrogens is 442 g/mol. The average molecular weight is 468 g/mol. The maximum atomic E-state index is 12.4. The van der Waals surface area contributed by atoms with E-state index in [4.69, 9.17) is 16.7 Å². The van der Waals surface area contributed by atoms with Crippen molar-refractivity contribution >= 4 is 39.2 Å². The summed E-state index contributed by atoms with van der Waals surface area (Å²) in [5.41, 5.74) is 1.70. The van der Waals surface area contributed by atoms with Crippen molar-refractivity contribution in [1.29, 1.82) is 0 Å². The summed E-state index contributed by atoms with van der Waals surface area (Å²) in [4.78, 5) is 22.3. The van der Waals surface area contributed by atoms with Crippen LogP contribution >= 0.6 is 11.6 Å². The van der Waals surface area contributed by atoms with E-state index in [0.717, 1.165) is 11.3 Å². The van der Waals surface area contributed by atoms with Crippen molar-refractivity contribution in [1.82, 2.24) is 10.0 Å². The van der Waals surface area contributed by atoms with E-state index in [-0.39, 0.29) is 36.2 Å². The first-order chi connectivity index (χ1) is 14.7. The Bertz CT molecular complexity index is 979. The molecule has 0 heterocycles. The Morgan fingerprint density at radius 1 is 1.06 bits per heavy atom. The second-order valence-electron chi connectivity index (χ2n) is 7.03. The number of benzene rings is 2. The fourth-order valence-electron chi connectivity index (χ4n) is 2.69. The van der Waals surface area contributed by atoms with Crippen molar-refractivity contribution in [2.24, 2.45) is 0 Å². The zero-order valence-electron chi connectivity index (χ0n) is 17.1. The van der Waals surface area contributed by atoms with E-state index in [0.29, 0.717) is 18.0 Å². The Morgan fingerprint density at radius 2 is 1.71 bits per heavy atom. The van der Waals surface area contributed by atoms with Crippen LogP contribution in [0.2, 0.25) is 5.02 Å². The molecule has 2 aromatic carbocycles. The molecule has 0 saturated heterocycles. The summed E-state index contributed by atoms with van der Waals surface area (Å²) in [5, 5.41) is 14.7. The molecule has 0 aliphatic rings. The zero-order valence-corrected chi connectivity index (χ0v) is 18.7. The number of hydrogen-bond acceptors (Lipinski definition) is 5. The molecule has 1 amide bonds. The maximum absolute atomic E-state index is 12.4. The normalized spacial score (nSPS) is 12.2. The standard InChI is InChI=1S/C21H26ClN3O5S/c1-15(13-25-31(29,30)19-10-6-17(22)7-11-19)16-4-8-18(9-5-16)24-14-20(26)23-12-2-3-21(27)28/h4-11,15,24-25H,2-3,12-14H2,1H3,(H,23,26)(H,27,28). The Morgan fingerprint density at radius 3 is 2.32 bits per heavy atom. The number of hydrogen-bond donors (Lipinski definition) is 4. The van der Waals surface area contributed by atoms with E-state index in [1.54, 1.807) is 0 Å². The molecule has 0 bridgehead atoms. The predicted octanol–water partition coefficient (Wildman–Crippen LogP) is 2.81. The molecule has 0 aromatic heterocycles. The number of carboxylic acids is 1. The number of anilines is 1. The highest BCUT2D eigenvalue weighted by atomic mass is 35.5. The summed E-state index contributed by atoms with van der Waals surface area (Å²) in [5.74, 6) is -1.17. The first-order valence-electron chi connectivity index (χ1n) is 9.75. The van der Waals surface area contributed by atoms with E-state index in [1.807, 2.05) is 31.2 Å². The lowest BCUT2D eigenvalue weighted by molar-refractivity contribution is -0.137. The van der Waals surface area contributed by atoms with Crippen LogP contribution in [0.15, 0.2) is 53.4 Å². The van der Waals surface area contributed by atoms with Crippen LogP contribution in [0.1, 0.15) is 31.2 Å². The van der Waals surface area contributed by atoms with Gasteiger partial charge in [-0.1, -0.05) is 30.7 Å². The van der Waals surface area contributed by atoms with Gasteiger partial charge in [0.2, 0.25) is 15.9 Å². The van der Waals surface area contributed by atoms with Gasteiger partial charge in [0.25, 0.3) is 0 Å². The van der Waals surface area contributed by atoms with Gasteiger partial charge in [-0.3, -0.25) is 9.59 Å². The van der Waals surface area contributed by atoms with E-state index in [2.05, 4.69) is 15.4 Å². The summed E-state index contributed by atoms with van der Waals surface area (Å²) in [7, 11) is -3.62. The molecule has 1 unspecified atom stereocenters. The highest BCUT2D eigenvalue weighted by Gasteiger charge is 2.16.